The van der Waals surface area contributed by atoms with Crippen molar-refractivity contribution < 1.29 is 0 Å². The fourth-order valence-electron chi connectivity index (χ4n) is 1.55. The zero-order valence-electron chi connectivity index (χ0n) is 6.47. The maximum Gasteiger partial charge on any atom is -0.00205 e. The maximum atomic E-state index is 4.20. The van der Waals surface area contributed by atoms with E-state index in [4.69, 9.17) is 0 Å². The molecule has 0 unspecified atom stereocenters. The summed E-state index contributed by atoms with van der Waals surface area (Å²) in [6, 6.07) is 0. The van der Waals surface area contributed by atoms with Crippen LogP contribution in [0, 0.1) is 5.92 Å². The molecule has 0 saturated carbocycles. The van der Waals surface area contributed by atoms with E-state index in [1.54, 1.807) is 0 Å². The number of nitrogens with one attached hydrogen (secondary N) is 1. The summed E-state index contributed by atoms with van der Waals surface area (Å²) in [5.74, 6) is 2.00. The van der Waals surface area contributed by atoms with Crippen molar-refractivity contribution in [3.63, 3.8) is 0 Å². The number of thiol groups is 1. The second kappa shape index (κ2) is 5.03. The Bertz CT molecular complexity index is 79.3. The smallest absolute Gasteiger partial charge is 0.00205 e. The quantitative estimate of drug-likeness (QED) is 0.597. The summed E-state index contributed by atoms with van der Waals surface area (Å²) in [5.41, 5.74) is 0. The average molecular weight is 159 g/mol. The van der Waals surface area contributed by atoms with Crippen LogP contribution < -0.4 is 5.32 Å². The van der Waals surface area contributed by atoms with Crippen LogP contribution in [0.2, 0.25) is 0 Å². The zero-order chi connectivity index (χ0) is 7.23. The lowest BCUT2D eigenvalue weighted by atomic mass is 9.95. The molecule has 0 radical (unpaired) electrons. The van der Waals surface area contributed by atoms with Gasteiger partial charge in [0.15, 0.2) is 0 Å². The van der Waals surface area contributed by atoms with Gasteiger partial charge in [-0.2, -0.15) is 12.6 Å². The van der Waals surface area contributed by atoms with E-state index < -0.39 is 0 Å². The highest BCUT2D eigenvalue weighted by Crippen LogP contribution is 2.15. The first-order valence-corrected chi connectivity index (χ1v) is 4.88. The van der Waals surface area contributed by atoms with Crippen LogP contribution in [0.3, 0.4) is 0 Å². The topological polar surface area (TPSA) is 12.0 Å². The highest BCUT2D eigenvalue weighted by Gasteiger charge is 2.11. The molecular formula is C8H17NS. The van der Waals surface area contributed by atoms with E-state index >= 15 is 0 Å². The second-order valence-corrected chi connectivity index (χ2v) is 3.53. The predicted molar refractivity (Wildman–Crippen MR) is 48.7 cm³/mol. The Morgan fingerprint density at radius 2 is 2.40 bits per heavy atom. The van der Waals surface area contributed by atoms with Crippen molar-refractivity contribution in [2.75, 3.05) is 18.8 Å². The van der Waals surface area contributed by atoms with Gasteiger partial charge in [0.25, 0.3) is 0 Å². The molecular weight excluding hydrogens is 142 g/mol. The second-order valence-electron chi connectivity index (χ2n) is 3.08. The fraction of sp³-hybridized carbons (Fsp3) is 1.00. The third-order valence-corrected chi connectivity index (χ3v) is 2.49. The van der Waals surface area contributed by atoms with E-state index in [1.165, 1.54) is 38.8 Å². The molecule has 0 aromatic carbocycles. The van der Waals surface area contributed by atoms with Gasteiger partial charge in [-0.3, -0.25) is 0 Å². The third kappa shape index (κ3) is 2.93. The molecule has 1 fully saturated rings. The molecule has 2 heteroatoms. The van der Waals surface area contributed by atoms with Crippen molar-refractivity contribution in [3.05, 3.63) is 0 Å². The molecule has 0 aromatic rings. The first kappa shape index (κ1) is 8.41. The van der Waals surface area contributed by atoms with E-state index in [1.807, 2.05) is 0 Å². The Morgan fingerprint density at radius 3 is 3.00 bits per heavy atom. The van der Waals surface area contributed by atoms with Crippen molar-refractivity contribution in [3.8, 4) is 0 Å². The van der Waals surface area contributed by atoms with Crippen molar-refractivity contribution in [1.29, 1.82) is 0 Å². The Hall–Kier alpha value is 0.310. The van der Waals surface area contributed by atoms with Crippen LogP contribution in [0.4, 0.5) is 0 Å². The lowest BCUT2D eigenvalue weighted by Gasteiger charge is -2.22. The Labute approximate surface area is 69.0 Å². The van der Waals surface area contributed by atoms with Crippen molar-refractivity contribution >= 4 is 12.6 Å². The van der Waals surface area contributed by atoms with Gasteiger partial charge in [-0.1, -0.05) is 0 Å². The number of rotatable bonds is 3. The molecule has 0 spiro atoms. The highest BCUT2D eigenvalue weighted by atomic mass is 32.1. The summed E-state index contributed by atoms with van der Waals surface area (Å²) in [5, 5.41) is 3.42. The summed E-state index contributed by atoms with van der Waals surface area (Å²) in [6.45, 7) is 2.48. The summed E-state index contributed by atoms with van der Waals surface area (Å²) >= 11 is 4.20. The molecule has 1 aliphatic heterocycles. The third-order valence-electron chi connectivity index (χ3n) is 2.17. The molecule has 0 aliphatic carbocycles. The summed E-state index contributed by atoms with van der Waals surface area (Å²) < 4.78 is 0. The van der Waals surface area contributed by atoms with Gasteiger partial charge in [0, 0.05) is 0 Å². The van der Waals surface area contributed by atoms with Crippen LogP contribution in [-0.4, -0.2) is 18.8 Å². The van der Waals surface area contributed by atoms with Gasteiger partial charge in [0.1, 0.15) is 0 Å². The fourth-order valence-corrected chi connectivity index (χ4v) is 1.73. The molecule has 1 rings (SSSR count). The first-order chi connectivity index (χ1) is 4.93. The first-order valence-electron chi connectivity index (χ1n) is 4.25. The van der Waals surface area contributed by atoms with Gasteiger partial charge >= 0.3 is 0 Å². The predicted octanol–water partition coefficient (Wildman–Crippen LogP) is 1.70. The van der Waals surface area contributed by atoms with Crippen LogP contribution in [-0.2, 0) is 0 Å². The van der Waals surface area contributed by atoms with E-state index in [0.717, 1.165) is 11.7 Å². The summed E-state index contributed by atoms with van der Waals surface area (Å²) in [7, 11) is 0. The number of piperidine rings is 1. The standard InChI is InChI=1S/C8H17NS/c10-6-2-4-8-3-1-5-9-7-8/h8-10H,1-7H2/t8-/m0/s1. The average Bonchev–Trinajstić information content (AvgIpc) is 2.03. The molecule has 1 N–H and O–H groups in total. The lowest BCUT2D eigenvalue weighted by molar-refractivity contribution is 0.356. The Morgan fingerprint density at radius 1 is 1.50 bits per heavy atom. The lowest BCUT2D eigenvalue weighted by Crippen LogP contribution is -2.29. The van der Waals surface area contributed by atoms with Gasteiger partial charge in [-0.05, 0) is 50.4 Å². The molecule has 0 aromatic heterocycles. The van der Waals surface area contributed by atoms with Crippen LogP contribution >= 0.6 is 12.6 Å². The normalized spacial score (nSPS) is 26.7. The van der Waals surface area contributed by atoms with E-state index in [0.29, 0.717) is 0 Å². The van der Waals surface area contributed by atoms with Crippen LogP contribution in [0.1, 0.15) is 25.7 Å². The van der Waals surface area contributed by atoms with Crippen LogP contribution in [0.15, 0.2) is 0 Å². The molecule has 1 atom stereocenters. The summed E-state index contributed by atoms with van der Waals surface area (Å²) in [6.07, 6.45) is 5.46. The molecule has 0 amide bonds. The number of hydrogen-bond donors (Lipinski definition) is 2. The molecule has 1 heterocycles. The molecule has 1 saturated heterocycles. The molecule has 60 valence electrons. The van der Waals surface area contributed by atoms with Gasteiger partial charge in [0.2, 0.25) is 0 Å². The van der Waals surface area contributed by atoms with E-state index in [-0.39, 0.29) is 0 Å². The maximum absolute atomic E-state index is 4.20. The molecule has 1 aliphatic rings. The van der Waals surface area contributed by atoms with E-state index in [9.17, 15) is 0 Å². The Balaban J connectivity index is 2.02. The largest absolute Gasteiger partial charge is 0.316 e. The van der Waals surface area contributed by atoms with Gasteiger partial charge in [0.05, 0.1) is 0 Å². The minimum atomic E-state index is 0.945. The van der Waals surface area contributed by atoms with Crippen molar-refractivity contribution in [2.24, 2.45) is 5.92 Å². The molecule has 0 bridgehead atoms. The molecule has 10 heavy (non-hydrogen) atoms. The van der Waals surface area contributed by atoms with Crippen molar-refractivity contribution in [1.82, 2.24) is 5.32 Å². The minimum Gasteiger partial charge on any atom is -0.316 e. The van der Waals surface area contributed by atoms with Crippen LogP contribution in [0.5, 0.6) is 0 Å². The monoisotopic (exact) mass is 159 g/mol. The minimum absolute atomic E-state index is 0.945. The van der Waals surface area contributed by atoms with E-state index in [2.05, 4.69) is 17.9 Å². The highest BCUT2D eigenvalue weighted by molar-refractivity contribution is 7.80. The van der Waals surface area contributed by atoms with Gasteiger partial charge in [-0.25, -0.2) is 0 Å². The van der Waals surface area contributed by atoms with Crippen LogP contribution in [0.25, 0.3) is 0 Å². The molecule has 1 nitrogen and oxygen atoms in total. The summed E-state index contributed by atoms with van der Waals surface area (Å²) in [4.78, 5) is 0. The van der Waals surface area contributed by atoms with Crippen molar-refractivity contribution in [2.45, 2.75) is 25.7 Å². The van der Waals surface area contributed by atoms with Gasteiger partial charge in [-0.15, -0.1) is 0 Å². The SMILES string of the molecule is SCCC[C@@H]1CCCNC1. The Kier molecular flexibility index (Phi) is 4.23. The number of hydrogen-bond acceptors (Lipinski definition) is 2. The van der Waals surface area contributed by atoms with Gasteiger partial charge < -0.3 is 5.32 Å². The zero-order valence-corrected chi connectivity index (χ0v) is 7.37.